The number of aliphatic hydroxyl groups excluding tert-OH is 3. The van der Waals surface area contributed by atoms with Crippen LogP contribution in [-0.2, 0) is 4.79 Å². The topological polar surface area (TPSA) is 102 Å². The second-order valence-corrected chi connectivity index (χ2v) is 4.44. The molecule has 5 N–H and O–H groups in total. The van der Waals surface area contributed by atoms with Crippen molar-refractivity contribution in [2.45, 2.75) is 44.8 Å². The summed E-state index contributed by atoms with van der Waals surface area (Å²) < 4.78 is 0. The number of hydrogen-bond acceptors (Lipinski definition) is 5. The fraction of sp³-hybridized carbons (Fsp3) is 0.909. The van der Waals surface area contributed by atoms with Crippen molar-refractivity contribution in [3.63, 3.8) is 0 Å². The first kappa shape index (κ1) is 16.3. The summed E-state index contributed by atoms with van der Waals surface area (Å²) in [6, 6.07) is -0.533. The fourth-order valence-electron chi connectivity index (χ4n) is 1.28. The highest BCUT2D eigenvalue weighted by Gasteiger charge is 2.31. The predicted molar refractivity (Wildman–Crippen MR) is 64.5 cm³/mol. The third-order valence-corrected chi connectivity index (χ3v) is 2.82. The van der Waals surface area contributed by atoms with Crippen LogP contribution in [0.2, 0.25) is 0 Å². The highest BCUT2D eigenvalue weighted by molar-refractivity contribution is 5.81. The maximum atomic E-state index is 11.7. The third-order valence-electron chi connectivity index (χ3n) is 2.82. The van der Waals surface area contributed by atoms with Crippen LogP contribution >= 0.6 is 0 Å². The largest absolute Gasteiger partial charge is 0.394 e. The average Bonchev–Trinajstić information content (AvgIpc) is 2.35. The van der Waals surface area contributed by atoms with E-state index >= 15 is 0 Å². The van der Waals surface area contributed by atoms with Gasteiger partial charge >= 0.3 is 0 Å². The van der Waals surface area contributed by atoms with E-state index in [4.69, 9.17) is 15.3 Å². The molecule has 0 bridgehead atoms. The van der Waals surface area contributed by atoms with Crippen LogP contribution in [0.4, 0.5) is 0 Å². The summed E-state index contributed by atoms with van der Waals surface area (Å²) in [4.78, 5) is 11.7. The molecule has 0 aliphatic heterocycles. The molecule has 102 valence electrons. The van der Waals surface area contributed by atoms with Gasteiger partial charge < -0.3 is 20.6 Å². The number of nitrogens with one attached hydrogen (secondary N) is 2. The molecule has 2 atom stereocenters. The first-order valence-electron chi connectivity index (χ1n) is 5.85. The first-order chi connectivity index (χ1) is 7.94. The zero-order chi connectivity index (χ0) is 13.5. The van der Waals surface area contributed by atoms with Gasteiger partial charge in [-0.2, -0.15) is 0 Å². The van der Waals surface area contributed by atoms with Gasteiger partial charge in [0.2, 0.25) is 5.91 Å². The number of carbonyl (C=O) groups excluding carboxylic acids is 1. The molecule has 0 aromatic heterocycles. The lowest BCUT2D eigenvalue weighted by Crippen LogP contribution is -2.61. The Labute approximate surface area is 102 Å². The number of rotatable bonds is 8. The van der Waals surface area contributed by atoms with Crippen LogP contribution in [0.3, 0.4) is 0 Å². The van der Waals surface area contributed by atoms with Crippen molar-refractivity contribution >= 4 is 5.91 Å². The zero-order valence-corrected chi connectivity index (χ0v) is 10.7. The monoisotopic (exact) mass is 248 g/mol. The third kappa shape index (κ3) is 4.99. The van der Waals surface area contributed by atoms with Crippen molar-refractivity contribution in [2.75, 3.05) is 19.8 Å². The molecule has 0 fully saturated rings. The van der Waals surface area contributed by atoms with E-state index < -0.39 is 31.4 Å². The van der Waals surface area contributed by atoms with Crippen LogP contribution in [0.25, 0.3) is 0 Å². The minimum atomic E-state index is -1.23. The van der Waals surface area contributed by atoms with Gasteiger partial charge in [0.25, 0.3) is 0 Å². The van der Waals surface area contributed by atoms with E-state index in [-0.39, 0.29) is 11.9 Å². The van der Waals surface area contributed by atoms with E-state index in [1.165, 1.54) is 0 Å². The summed E-state index contributed by atoms with van der Waals surface area (Å²) in [5.74, 6) is -0.223. The molecule has 2 unspecified atom stereocenters. The van der Waals surface area contributed by atoms with Gasteiger partial charge in [0.05, 0.1) is 31.4 Å². The predicted octanol–water partition coefficient (Wildman–Crippen LogP) is -1.41. The number of aliphatic hydroxyl groups is 3. The van der Waals surface area contributed by atoms with Crippen molar-refractivity contribution in [2.24, 2.45) is 0 Å². The number of amides is 1. The van der Waals surface area contributed by atoms with Crippen molar-refractivity contribution in [1.82, 2.24) is 10.6 Å². The normalized spacial score (nSPS) is 15.4. The van der Waals surface area contributed by atoms with Crippen LogP contribution in [-0.4, -0.2) is 58.7 Å². The van der Waals surface area contributed by atoms with Crippen LogP contribution in [0, 0.1) is 0 Å². The molecule has 17 heavy (non-hydrogen) atoms. The standard InChI is InChI=1S/C11H24N2O4/c1-4-8(2)12-10(17)9(3)13-11(5-14,6-15)7-16/h8-9,13-16H,4-7H2,1-3H3,(H,12,17). The Morgan fingerprint density at radius 3 is 2.00 bits per heavy atom. The molecule has 0 rings (SSSR count). The molecule has 0 aromatic carbocycles. The first-order valence-corrected chi connectivity index (χ1v) is 5.85. The van der Waals surface area contributed by atoms with E-state index in [1.807, 2.05) is 13.8 Å². The molecular formula is C11H24N2O4. The van der Waals surface area contributed by atoms with Crippen molar-refractivity contribution in [3.8, 4) is 0 Å². The van der Waals surface area contributed by atoms with Gasteiger partial charge in [-0.1, -0.05) is 6.92 Å². The highest BCUT2D eigenvalue weighted by Crippen LogP contribution is 2.04. The van der Waals surface area contributed by atoms with Crippen LogP contribution in [0.5, 0.6) is 0 Å². The Bertz CT molecular complexity index is 223. The van der Waals surface area contributed by atoms with E-state index in [0.717, 1.165) is 6.42 Å². The van der Waals surface area contributed by atoms with Crippen molar-refractivity contribution in [3.05, 3.63) is 0 Å². The second kappa shape index (κ2) is 7.60. The lowest BCUT2D eigenvalue weighted by atomic mass is 10.0. The van der Waals surface area contributed by atoms with E-state index in [0.29, 0.717) is 0 Å². The summed E-state index contributed by atoms with van der Waals surface area (Å²) in [6.07, 6.45) is 0.823. The minimum Gasteiger partial charge on any atom is -0.394 e. The molecule has 0 saturated heterocycles. The Morgan fingerprint density at radius 1 is 1.18 bits per heavy atom. The molecule has 1 amide bonds. The number of carbonyl (C=O) groups is 1. The smallest absolute Gasteiger partial charge is 0.237 e. The lowest BCUT2D eigenvalue weighted by Gasteiger charge is -2.32. The van der Waals surface area contributed by atoms with Gasteiger partial charge in [-0.25, -0.2) is 0 Å². The molecule has 0 aliphatic rings. The van der Waals surface area contributed by atoms with Crippen LogP contribution < -0.4 is 10.6 Å². The summed E-state index contributed by atoms with van der Waals surface area (Å²) in [5, 5.41) is 32.9. The van der Waals surface area contributed by atoms with Gasteiger partial charge in [0, 0.05) is 6.04 Å². The molecule has 0 radical (unpaired) electrons. The maximum absolute atomic E-state index is 11.7. The van der Waals surface area contributed by atoms with Crippen LogP contribution in [0.1, 0.15) is 27.2 Å². The fourth-order valence-corrected chi connectivity index (χ4v) is 1.28. The summed E-state index contributed by atoms with van der Waals surface area (Å²) in [5.41, 5.74) is -1.23. The second-order valence-electron chi connectivity index (χ2n) is 4.44. The van der Waals surface area contributed by atoms with Crippen molar-refractivity contribution in [1.29, 1.82) is 0 Å². The molecule has 6 heteroatoms. The minimum absolute atomic E-state index is 0.0681. The van der Waals surface area contributed by atoms with Gasteiger partial charge in [-0.15, -0.1) is 0 Å². The van der Waals surface area contributed by atoms with E-state index in [2.05, 4.69) is 10.6 Å². The van der Waals surface area contributed by atoms with Gasteiger partial charge in [-0.05, 0) is 20.3 Å². The molecule has 0 aromatic rings. The lowest BCUT2D eigenvalue weighted by molar-refractivity contribution is -0.124. The van der Waals surface area contributed by atoms with Gasteiger partial charge in [0.15, 0.2) is 0 Å². The quantitative estimate of drug-likeness (QED) is 0.363. The SMILES string of the molecule is CCC(C)NC(=O)C(C)NC(CO)(CO)CO. The maximum Gasteiger partial charge on any atom is 0.237 e. The Balaban J connectivity index is 4.40. The average molecular weight is 248 g/mol. The Morgan fingerprint density at radius 2 is 1.65 bits per heavy atom. The van der Waals surface area contributed by atoms with Crippen LogP contribution in [0.15, 0.2) is 0 Å². The molecule has 0 spiro atoms. The zero-order valence-electron chi connectivity index (χ0n) is 10.7. The Hall–Kier alpha value is -0.690. The molecule has 0 saturated carbocycles. The van der Waals surface area contributed by atoms with Crippen molar-refractivity contribution < 1.29 is 20.1 Å². The van der Waals surface area contributed by atoms with Gasteiger partial charge in [0.1, 0.15) is 0 Å². The summed E-state index contributed by atoms with van der Waals surface area (Å²) in [6.45, 7) is 4.14. The van der Waals surface area contributed by atoms with Gasteiger partial charge in [-0.3, -0.25) is 10.1 Å². The number of hydrogen-bond donors (Lipinski definition) is 5. The molecule has 0 heterocycles. The highest BCUT2D eigenvalue weighted by atomic mass is 16.3. The van der Waals surface area contributed by atoms with E-state index in [1.54, 1.807) is 6.92 Å². The molecule has 0 aliphatic carbocycles. The summed E-state index contributed by atoms with van der Waals surface area (Å²) in [7, 11) is 0. The molecule has 6 nitrogen and oxygen atoms in total. The van der Waals surface area contributed by atoms with E-state index in [9.17, 15) is 4.79 Å². The summed E-state index contributed by atoms with van der Waals surface area (Å²) >= 11 is 0. The Kier molecular flexibility index (Phi) is 7.29. The molecular weight excluding hydrogens is 224 g/mol.